The Kier molecular flexibility index (Phi) is 2.83. The van der Waals surface area contributed by atoms with Gasteiger partial charge in [0.05, 0.1) is 12.0 Å². The van der Waals surface area contributed by atoms with Crippen LogP contribution in [0.1, 0.15) is 30.0 Å². The summed E-state index contributed by atoms with van der Waals surface area (Å²) in [4.78, 5) is 4.32. The topological polar surface area (TPSA) is 52.0 Å². The molecule has 0 saturated heterocycles. The Bertz CT molecular complexity index is 423. The largest absolute Gasteiger partial charge is 0.467 e. The van der Waals surface area contributed by atoms with Gasteiger partial charge in [0.25, 0.3) is 0 Å². The Hall–Kier alpha value is -1.61. The standard InChI is InChI=1S/C12H14N2O/c1-2-9-5-3-7-14-12(9)11(13)10-6-4-8-15-10/h3-8,11H,2,13H2,1H3. The average Bonchev–Trinajstić information content (AvgIpc) is 2.81. The van der Waals surface area contributed by atoms with Crippen molar-refractivity contribution in [2.75, 3.05) is 0 Å². The van der Waals surface area contributed by atoms with Gasteiger partial charge >= 0.3 is 0 Å². The quantitative estimate of drug-likeness (QED) is 0.830. The molecule has 0 aliphatic carbocycles. The summed E-state index contributed by atoms with van der Waals surface area (Å²) < 4.78 is 5.28. The van der Waals surface area contributed by atoms with Gasteiger partial charge < -0.3 is 10.2 Å². The van der Waals surface area contributed by atoms with Gasteiger partial charge in [-0.15, -0.1) is 0 Å². The molecule has 3 heteroatoms. The minimum Gasteiger partial charge on any atom is -0.467 e. The molecule has 0 radical (unpaired) electrons. The maximum absolute atomic E-state index is 6.08. The van der Waals surface area contributed by atoms with Crippen LogP contribution in [-0.2, 0) is 6.42 Å². The van der Waals surface area contributed by atoms with Crippen molar-refractivity contribution >= 4 is 0 Å². The molecule has 2 aromatic heterocycles. The maximum Gasteiger partial charge on any atom is 0.126 e. The first-order valence-electron chi connectivity index (χ1n) is 5.05. The van der Waals surface area contributed by atoms with E-state index >= 15 is 0 Å². The van der Waals surface area contributed by atoms with E-state index in [4.69, 9.17) is 10.2 Å². The average molecular weight is 202 g/mol. The Morgan fingerprint density at radius 1 is 1.40 bits per heavy atom. The van der Waals surface area contributed by atoms with Crippen LogP contribution in [0.25, 0.3) is 0 Å². The van der Waals surface area contributed by atoms with E-state index in [0.29, 0.717) is 0 Å². The van der Waals surface area contributed by atoms with Crippen LogP contribution in [0.5, 0.6) is 0 Å². The van der Waals surface area contributed by atoms with Crippen molar-refractivity contribution in [1.82, 2.24) is 4.98 Å². The Morgan fingerprint density at radius 3 is 2.93 bits per heavy atom. The molecule has 15 heavy (non-hydrogen) atoms. The first-order valence-corrected chi connectivity index (χ1v) is 5.05. The van der Waals surface area contributed by atoms with Crippen molar-refractivity contribution < 1.29 is 4.42 Å². The maximum atomic E-state index is 6.08. The van der Waals surface area contributed by atoms with Crippen molar-refractivity contribution in [3.8, 4) is 0 Å². The number of furan rings is 1. The molecule has 0 spiro atoms. The second kappa shape index (κ2) is 4.28. The lowest BCUT2D eigenvalue weighted by Gasteiger charge is -2.11. The summed E-state index contributed by atoms with van der Waals surface area (Å²) in [7, 11) is 0. The molecular formula is C12H14N2O. The summed E-state index contributed by atoms with van der Waals surface area (Å²) >= 11 is 0. The molecule has 2 aromatic rings. The van der Waals surface area contributed by atoms with Gasteiger partial charge in [0, 0.05) is 6.20 Å². The number of nitrogens with two attached hydrogens (primary N) is 1. The van der Waals surface area contributed by atoms with Gasteiger partial charge in [0.1, 0.15) is 11.8 Å². The molecular weight excluding hydrogens is 188 g/mol. The summed E-state index contributed by atoms with van der Waals surface area (Å²) in [5.74, 6) is 0.753. The van der Waals surface area contributed by atoms with Crippen molar-refractivity contribution in [2.45, 2.75) is 19.4 Å². The Labute approximate surface area is 88.9 Å². The predicted molar refractivity (Wildman–Crippen MR) is 58.4 cm³/mol. The van der Waals surface area contributed by atoms with Crippen LogP contribution in [0, 0.1) is 0 Å². The molecule has 78 valence electrons. The third kappa shape index (κ3) is 1.92. The molecule has 0 aromatic carbocycles. The SMILES string of the molecule is CCc1cccnc1C(N)c1ccco1. The Balaban J connectivity index is 2.37. The third-order valence-corrected chi connectivity index (χ3v) is 2.45. The molecule has 0 amide bonds. The summed E-state index contributed by atoms with van der Waals surface area (Å²) in [6, 6.07) is 7.42. The van der Waals surface area contributed by atoms with Gasteiger partial charge in [-0.05, 0) is 30.2 Å². The second-order valence-electron chi connectivity index (χ2n) is 3.39. The predicted octanol–water partition coefficient (Wildman–Crippen LogP) is 2.29. The zero-order valence-electron chi connectivity index (χ0n) is 8.68. The van der Waals surface area contributed by atoms with Crippen LogP contribution < -0.4 is 5.73 Å². The lowest BCUT2D eigenvalue weighted by Crippen LogP contribution is -2.14. The normalized spacial score (nSPS) is 12.7. The van der Waals surface area contributed by atoms with Crippen molar-refractivity contribution in [2.24, 2.45) is 5.73 Å². The molecule has 0 bridgehead atoms. The van der Waals surface area contributed by atoms with E-state index in [9.17, 15) is 0 Å². The number of rotatable bonds is 3. The third-order valence-electron chi connectivity index (χ3n) is 2.45. The first kappa shape index (κ1) is 9.93. The van der Waals surface area contributed by atoms with E-state index in [1.165, 1.54) is 5.56 Å². The van der Waals surface area contributed by atoms with Crippen LogP contribution >= 0.6 is 0 Å². The zero-order chi connectivity index (χ0) is 10.7. The van der Waals surface area contributed by atoms with Crippen molar-refractivity contribution in [3.63, 3.8) is 0 Å². The molecule has 3 nitrogen and oxygen atoms in total. The van der Waals surface area contributed by atoms with Crippen LogP contribution in [0.2, 0.25) is 0 Å². The molecule has 0 fully saturated rings. The number of aromatic nitrogens is 1. The van der Waals surface area contributed by atoms with Crippen molar-refractivity contribution in [1.29, 1.82) is 0 Å². The van der Waals surface area contributed by atoms with Crippen LogP contribution in [-0.4, -0.2) is 4.98 Å². The summed E-state index contributed by atoms with van der Waals surface area (Å²) in [6.07, 6.45) is 4.32. The van der Waals surface area contributed by atoms with Gasteiger partial charge in [0.15, 0.2) is 0 Å². The molecule has 0 aliphatic heterocycles. The highest BCUT2D eigenvalue weighted by Gasteiger charge is 2.15. The fourth-order valence-corrected chi connectivity index (χ4v) is 1.63. The second-order valence-corrected chi connectivity index (χ2v) is 3.39. The molecule has 0 saturated carbocycles. The van der Waals surface area contributed by atoms with Gasteiger partial charge in [0.2, 0.25) is 0 Å². The molecule has 2 N–H and O–H groups in total. The van der Waals surface area contributed by atoms with Crippen LogP contribution in [0.15, 0.2) is 41.1 Å². The molecule has 2 heterocycles. The Morgan fingerprint density at radius 2 is 2.27 bits per heavy atom. The van der Waals surface area contributed by atoms with E-state index in [0.717, 1.165) is 17.9 Å². The molecule has 0 aliphatic rings. The lowest BCUT2D eigenvalue weighted by molar-refractivity contribution is 0.485. The number of pyridine rings is 1. The van der Waals surface area contributed by atoms with Gasteiger partial charge in [-0.1, -0.05) is 13.0 Å². The molecule has 1 unspecified atom stereocenters. The van der Waals surface area contributed by atoms with E-state index in [1.807, 2.05) is 24.3 Å². The lowest BCUT2D eigenvalue weighted by atomic mass is 10.0. The van der Waals surface area contributed by atoms with E-state index in [-0.39, 0.29) is 6.04 Å². The van der Waals surface area contributed by atoms with E-state index < -0.39 is 0 Å². The van der Waals surface area contributed by atoms with Gasteiger partial charge in [-0.25, -0.2) is 0 Å². The molecule has 2 rings (SSSR count). The summed E-state index contributed by atoms with van der Waals surface area (Å²) in [5.41, 5.74) is 8.15. The fourth-order valence-electron chi connectivity index (χ4n) is 1.63. The number of nitrogens with zero attached hydrogens (tertiary/aromatic N) is 1. The monoisotopic (exact) mass is 202 g/mol. The first-order chi connectivity index (χ1) is 7.33. The zero-order valence-corrected chi connectivity index (χ0v) is 8.68. The number of hydrogen-bond donors (Lipinski definition) is 1. The minimum absolute atomic E-state index is 0.267. The van der Waals surface area contributed by atoms with Crippen molar-refractivity contribution in [3.05, 3.63) is 53.7 Å². The highest BCUT2D eigenvalue weighted by atomic mass is 16.3. The van der Waals surface area contributed by atoms with E-state index in [2.05, 4.69) is 11.9 Å². The summed E-state index contributed by atoms with van der Waals surface area (Å²) in [5, 5.41) is 0. The smallest absolute Gasteiger partial charge is 0.126 e. The molecule has 1 atom stereocenters. The summed E-state index contributed by atoms with van der Waals surface area (Å²) in [6.45, 7) is 2.09. The van der Waals surface area contributed by atoms with Crippen LogP contribution in [0.4, 0.5) is 0 Å². The minimum atomic E-state index is -0.267. The highest BCUT2D eigenvalue weighted by molar-refractivity contribution is 5.27. The number of hydrogen-bond acceptors (Lipinski definition) is 3. The van der Waals surface area contributed by atoms with Gasteiger partial charge in [-0.3, -0.25) is 4.98 Å². The fraction of sp³-hybridized carbons (Fsp3) is 0.250. The van der Waals surface area contributed by atoms with Crippen LogP contribution in [0.3, 0.4) is 0 Å². The van der Waals surface area contributed by atoms with Gasteiger partial charge in [-0.2, -0.15) is 0 Å². The highest BCUT2D eigenvalue weighted by Crippen LogP contribution is 2.21. The number of aryl methyl sites for hydroxylation is 1. The van der Waals surface area contributed by atoms with E-state index in [1.54, 1.807) is 12.5 Å².